The number of rotatable bonds is 5. The molecule has 1 aromatic rings. The van der Waals surface area contributed by atoms with Gasteiger partial charge in [0.25, 0.3) is 0 Å². The first kappa shape index (κ1) is 15.3. The molecule has 0 spiro atoms. The number of likely N-dealkylation sites (tertiary alicyclic amines) is 1. The second-order valence-electron chi connectivity index (χ2n) is 6.47. The van der Waals surface area contributed by atoms with Gasteiger partial charge in [0.1, 0.15) is 0 Å². The minimum atomic E-state index is 0.535. The number of hydrogen-bond donors (Lipinski definition) is 1. The summed E-state index contributed by atoms with van der Waals surface area (Å²) in [6, 6.07) is 1.23. The first-order valence-electron chi connectivity index (χ1n) is 8.33. The van der Waals surface area contributed by atoms with Gasteiger partial charge in [-0.05, 0) is 52.2 Å². The monoisotopic (exact) mass is 308 g/mol. The zero-order valence-corrected chi connectivity index (χ0v) is 14.4. The number of aryl methyl sites for hydroxylation is 1. The van der Waals surface area contributed by atoms with E-state index in [1.807, 2.05) is 11.3 Å². The topological polar surface area (TPSA) is 31.4 Å². The molecular formula is C16H28N4S. The lowest BCUT2D eigenvalue weighted by Crippen LogP contribution is -2.36. The predicted molar refractivity (Wildman–Crippen MR) is 90.4 cm³/mol. The number of nitrogens with one attached hydrogen (secondary N) is 1. The van der Waals surface area contributed by atoms with Crippen molar-refractivity contribution in [1.82, 2.24) is 15.2 Å². The quantitative estimate of drug-likeness (QED) is 0.906. The number of fused-ring (bicyclic) bond motifs is 1. The number of anilines is 1. The van der Waals surface area contributed by atoms with Gasteiger partial charge in [-0.25, -0.2) is 4.98 Å². The van der Waals surface area contributed by atoms with Crippen molar-refractivity contribution >= 4 is 16.5 Å². The van der Waals surface area contributed by atoms with Crippen LogP contribution in [0.4, 0.5) is 5.13 Å². The van der Waals surface area contributed by atoms with Gasteiger partial charge in [0.2, 0.25) is 0 Å². The van der Waals surface area contributed by atoms with Gasteiger partial charge in [-0.15, -0.1) is 0 Å². The molecule has 0 bridgehead atoms. The number of hydrogen-bond acceptors (Lipinski definition) is 5. The van der Waals surface area contributed by atoms with Gasteiger partial charge in [0.05, 0.1) is 5.69 Å². The Kier molecular flexibility index (Phi) is 4.82. The Balaban J connectivity index is 1.71. The van der Waals surface area contributed by atoms with E-state index in [-0.39, 0.29) is 0 Å². The molecule has 118 valence electrons. The lowest BCUT2D eigenvalue weighted by Gasteiger charge is -2.25. The van der Waals surface area contributed by atoms with E-state index in [4.69, 9.17) is 4.98 Å². The van der Waals surface area contributed by atoms with Gasteiger partial charge < -0.3 is 15.1 Å². The van der Waals surface area contributed by atoms with Crippen molar-refractivity contribution < 1.29 is 0 Å². The van der Waals surface area contributed by atoms with Gasteiger partial charge in [0, 0.05) is 30.6 Å². The minimum Gasteiger partial charge on any atom is -0.350 e. The Hall–Kier alpha value is -0.650. The van der Waals surface area contributed by atoms with Crippen LogP contribution in [0.25, 0.3) is 0 Å². The van der Waals surface area contributed by atoms with E-state index in [1.165, 1.54) is 47.9 Å². The maximum Gasteiger partial charge on any atom is 0.185 e. The molecule has 2 unspecified atom stereocenters. The number of nitrogens with zero attached hydrogens (tertiary/aromatic N) is 3. The van der Waals surface area contributed by atoms with Crippen molar-refractivity contribution in [2.45, 2.75) is 51.1 Å². The van der Waals surface area contributed by atoms with E-state index in [1.54, 1.807) is 0 Å². The molecule has 2 heterocycles. The van der Waals surface area contributed by atoms with Gasteiger partial charge in [0.15, 0.2) is 5.13 Å². The molecule has 0 aromatic carbocycles. The van der Waals surface area contributed by atoms with Crippen LogP contribution in [0.2, 0.25) is 0 Å². The van der Waals surface area contributed by atoms with E-state index in [0.29, 0.717) is 12.1 Å². The normalized spacial score (nSPS) is 26.0. The minimum absolute atomic E-state index is 0.535. The van der Waals surface area contributed by atoms with Crippen LogP contribution in [0.5, 0.6) is 0 Å². The SMILES string of the molecule is CCNC1CCCc2nc(N(C)CC3CCCN3C)sc21. The average molecular weight is 308 g/mol. The fourth-order valence-electron chi connectivity index (χ4n) is 3.62. The summed E-state index contributed by atoms with van der Waals surface area (Å²) in [5.41, 5.74) is 1.35. The maximum atomic E-state index is 4.94. The third kappa shape index (κ3) is 3.25. The second kappa shape index (κ2) is 6.63. The average Bonchev–Trinajstić information content (AvgIpc) is 3.07. The molecule has 1 saturated heterocycles. The summed E-state index contributed by atoms with van der Waals surface area (Å²) in [5.74, 6) is 0. The van der Waals surface area contributed by atoms with Crippen LogP contribution >= 0.6 is 11.3 Å². The first-order valence-corrected chi connectivity index (χ1v) is 9.15. The molecule has 5 heteroatoms. The lowest BCUT2D eigenvalue weighted by atomic mass is 9.98. The molecule has 2 aliphatic rings. The number of likely N-dealkylation sites (N-methyl/N-ethyl adjacent to an activating group) is 2. The Labute approximate surface area is 132 Å². The van der Waals surface area contributed by atoms with E-state index >= 15 is 0 Å². The third-order valence-corrected chi connectivity index (χ3v) is 6.20. The largest absolute Gasteiger partial charge is 0.350 e. The van der Waals surface area contributed by atoms with Crippen molar-refractivity contribution in [2.75, 3.05) is 38.6 Å². The van der Waals surface area contributed by atoms with Crippen LogP contribution in [0.15, 0.2) is 0 Å². The molecule has 0 radical (unpaired) electrons. The summed E-state index contributed by atoms with van der Waals surface area (Å²) in [7, 11) is 4.46. The predicted octanol–water partition coefficient (Wildman–Crippen LogP) is 2.66. The summed E-state index contributed by atoms with van der Waals surface area (Å²) in [5, 5.41) is 4.83. The molecule has 3 rings (SSSR count). The Bertz CT molecular complexity index is 473. The lowest BCUT2D eigenvalue weighted by molar-refractivity contribution is 0.314. The first-order chi connectivity index (χ1) is 10.2. The maximum absolute atomic E-state index is 4.94. The van der Waals surface area contributed by atoms with Gasteiger partial charge >= 0.3 is 0 Å². The van der Waals surface area contributed by atoms with Crippen molar-refractivity contribution in [1.29, 1.82) is 0 Å². The zero-order valence-electron chi connectivity index (χ0n) is 13.6. The number of aromatic nitrogens is 1. The van der Waals surface area contributed by atoms with Crippen LogP contribution in [-0.4, -0.2) is 49.7 Å². The molecule has 4 nitrogen and oxygen atoms in total. The van der Waals surface area contributed by atoms with E-state index in [0.717, 1.165) is 19.5 Å². The third-order valence-electron chi connectivity index (χ3n) is 4.87. The molecule has 2 atom stereocenters. The highest BCUT2D eigenvalue weighted by Gasteiger charge is 2.27. The Morgan fingerprint density at radius 2 is 2.24 bits per heavy atom. The smallest absolute Gasteiger partial charge is 0.185 e. The van der Waals surface area contributed by atoms with E-state index < -0.39 is 0 Å². The van der Waals surface area contributed by atoms with Crippen LogP contribution in [0, 0.1) is 0 Å². The highest BCUT2D eigenvalue weighted by atomic mass is 32.1. The molecule has 1 fully saturated rings. The standard InChI is InChI=1S/C16H28N4S/c1-4-17-13-8-5-9-14-15(13)21-16(18-14)20(3)11-12-7-6-10-19(12)2/h12-13,17H,4-11H2,1-3H3. The molecule has 1 aromatic heterocycles. The van der Waals surface area contributed by atoms with Gasteiger partial charge in [-0.2, -0.15) is 0 Å². The molecule has 1 aliphatic carbocycles. The summed E-state index contributed by atoms with van der Waals surface area (Å²) in [6.45, 7) is 5.59. The summed E-state index contributed by atoms with van der Waals surface area (Å²) in [6.07, 6.45) is 6.35. The molecular weight excluding hydrogens is 280 g/mol. The van der Waals surface area contributed by atoms with E-state index in [9.17, 15) is 0 Å². The van der Waals surface area contributed by atoms with E-state index in [2.05, 4.69) is 36.1 Å². The molecule has 0 amide bonds. The van der Waals surface area contributed by atoms with Crippen LogP contribution in [0.3, 0.4) is 0 Å². The second-order valence-corrected chi connectivity index (χ2v) is 7.48. The fourth-order valence-corrected chi connectivity index (χ4v) is 4.81. The van der Waals surface area contributed by atoms with Crippen LogP contribution < -0.4 is 10.2 Å². The molecule has 1 N–H and O–H groups in total. The van der Waals surface area contributed by atoms with Crippen LogP contribution in [-0.2, 0) is 6.42 Å². The van der Waals surface area contributed by atoms with Crippen LogP contribution in [0.1, 0.15) is 49.2 Å². The van der Waals surface area contributed by atoms with Crippen molar-refractivity contribution in [3.8, 4) is 0 Å². The molecule has 21 heavy (non-hydrogen) atoms. The summed E-state index contributed by atoms with van der Waals surface area (Å²) in [4.78, 5) is 11.3. The summed E-state index contributed by atoms with van der Waals surface area (Å²) >= 11 is 1.91. The highest BCUT2D eigenvalue weighted by molar-refractivity contribution is 7.15. The zero-order chi connectivity index (χ0) is 14.8. The molecule has 0 saturated carbocycles. The van der Waals surface area contributed by atoms with Gasteiger partial charge in [-0.1, -0.05) is 18.3 Å². The van der Waals surface area contributed by atoms with Crippen molar-refractivity contribution in [3.05, 3.63) is 10.6 Å². The molecule has 1 aliphatic heterocycles. The summed E-state index contributed by atoms with van der Waals surface area (Å²) < 4.78 is 0. The number of thiazole rings is 1. The fraction of sp³-hybridized carbons (Fsp3) is 0.812. The Morgan fingerprint density at radius 3 is 2.95 bits per heavy atom. The van der Waals surface area contributed by atoms with Gasteiger partial charge in [-0.3, -0.25) is 0 Å². The highest BCUT2D eigenvalue weighted by Crippen LogP contribution is 2.37. The Morgan fingerprint density at radius 1 is 1.38 bits per heavy atom. The van der Waals surface area contributed by atoms with Crippen molar-refractivity contribution in [3.63, 3.8) is 0 Å². The van der Waals surface area contributed by atoms with Crippen molar-refractivity contribution in [2.24, 2.45) is 0 Å².